The van der Waals surface area contributed by atoms with Gasteiger partial charge >= 0.3 is 5.97 Å². The maximum Gasteiger partial charge on any atom is 0.335 e. The first kappa shape index (κ1) is 17.1. The van der Waals surface area contributed by atoms with Gasteiger partial charge in [-0.15, -0.1) is 11.3 Å². The molecular formula is C17H19NO4S2. The van der Waals surface area contributed by atoms with Gasteiger partial charge in [-0.2, -0.15) is 4.31 Å². The maximum atomic E-state index is 13.1. The first-order chi connectivity index (χ1) is 11.5. The van der Waals surface area contributed by atoms with E-state index in [9.17, 15) is 13.2 Å². The van der Waals surface area contributed by atoms with Gasteiger partial charge in [-0.05, 0) is 48.6 Å². The minimum Gasteiger partial charge on any atom is -0.478 e. The van der Waals surface area contributed by atoms with E-state index in [4.69, 9.17) is 5.11 Å². The van der Waals surface area contributed by atoms with E-state index in [1.165, 1.54) is 24.3 Å². The average molecular weight is 365 g/mol. The van der Waals surface area contributed by atoms with E-state index in [1.54, 1.807) is 15.6 Å². The molecule has 3 rings (SSSR count). The highest BCUT2D eigenvalue weighted by Crippen LogP contribution is 2.31. The Hall–Kier alpha value is -1.70. The number of benzene rings is 1. The molecule has 0 atom stereocenters. The molecule has 0 aliphatic heterocycles. The summed E-state index contributed by atoms with van der Waals surface area (Å²) in [6.45, 7) is 0.366. The van der Waals surface area contributed by atoms with E-state index in [0.29, 0.717) is 6.54 Å². The minimum atomic E-state index is -3.66. The lowest BCUT2D eigenvalue weighted by atomic mass is 10.2. The lowest BCUT2D eigenvalue weighted by Gasteiger charge is -2.27. The molecule has 24 heavy (non-hydrogen) atoms. The van der Waals surface area contributed by atoms with Crippen molar-refractivity contribution in [1.82, 2.24) is 4.31 Å². The van der Waals surface area contributed by atoms with Crippen LogP contribution in [0.2, 0.25) is 0 Å². The second kappa shape index (κ2) is 7.04. The Bertz CT molecular complexity index is 792. The summed E-state index contributed by atoms with van der Waals surface area (Å²) in [5.41, 5.74) is 0.0830. The van der Waals surface area contributed by atoms with Crippen LogP contribution in [-0.2, 0) is 16.6 Å². The third-order valence-electron chi connectivity index (χ3n) is 4.33. The van der Waals surface area contributed by atoms with Crippen LogP contribution in [-0.4, -0.2) is 29.8 Å². The first-order valence-corrected chi connectivity index (χ1v) is 10.2. The molecule has 0 spiro atoms. The average Bonchev–Trinajstić information content (AvgIpc) is 3.26. The van der Waals surface area contributed by atoms with Gasteiger partial charge in [0.05, 0.1) is 10.5 Å². The molecule has 1 aromatic carbocycles. The highest BCUT2D eigenvalue weighted by molar-refractivity contribution is 7.89. The number of carboxylic acids is 1. The Balaban J connectivity index is 1.93. The van der Waals surface area contributed by atoms with Gasteiger partial charge in [0.25, 0.3) is 0 Å². The Labute approximate surface area is 145 Å². The predicted octanol–water partition coefficient (Wildman–Crippen LogP) is 3.58. The van der Waals surface area contributed by atoms with Gasteiger partial charge in [-0.3, -0.25) is 0 Å². The van der Waals surface area contributed by atoms with Crippen molar-refractivity contribution in [3.05, 3.63) is 52.2 Å². The van der Waals surface area contributed by atoms with Crippen LogP contribution in [0, 0.1) is 0 Å². The lowest BCUT2D eigenvalue weighted by Crippen LogP contribution is -2.38. The summed E-state index contributed by atoms with van der Waals surface area (Å²) in [4.78, 5) is 12.1. The number of thiophene rings is 1. The molecule has 7 heteroatoms. The van der Waals surface area contributed by atoms with Crippen LogP contribution >= 0.6 is 11.3 Å². The zero-order valence-electron chi connectivity index (χ0n) is 13.1. The van der Waals surface area contributed by atoms with E-state index >= 15 is 0 Å². The Morgan fingerprint density at radius 1 is 1.17 bits per heavy atom. The standard InChI is InChI=1S/C17H19NO4S2/c19-17(20)13-7-9-16(10-8-13)24(21,22)18(14-4-1-2-5-14)12-15-6-3-11-23-15/h3,6-11,14H,1-2,4-5,12H2,(H,19,20). The number of aromatic carboxylic acids is 1. The van der Waals surface area contributed by atoms with Crippen LogP contribution in [0.1, 0.15) is 40.9 Å². The lowest BCUT2D eigenvalue weighted by molar-refractivity contribution is 0.0696. The van der Waals surface area contributed by atoms with Crippen molar-refractivity contribution in [3.8, 4) is 0 Å². The highest BCUT2D eigenvalue weighted by atomic mass is 32.2. The molecule has 1 aromatic heterocycles. The monoisotopic (exact) mass is 365 g/mol. The molecule has 0 bridgehead atoms. The third kappa shape index (κ3) is 3.53. The molecule has 1 aliphatic carbocycles. The summed E-state index contributed by atoms with van der Waals surface area (Å²) in [6, 6.07) is 9.32. The van der Waals surface area contributed by atoms with Crippen LogP contribution in [0.25, 0.3) is 0 Å². The van der Waals surface area contributed by atoms with Gasteiger partial charge in [0.2, 0.25) is 10.0 Å². The third-order valence-corrected chi connectivity index (χ3v) is 7.11. The van der Waals surface area contributed by atoms with Crippen molar-refractivity contribution in [2.24, 2.45) is 0 Å². The van der Waals surface area contributed by atoms with Crippen molar-refractivity contribution in [2.45, 2.75) is 43.2 Å². The number of hydrogen-bond donors (Lipinski definition) is 1. The predicted molar refractivity (Wildman–Crippen MR) is 92.7 cm³/mol. The Kier molecular flexibility index (Phi) is 5.03. The Morgan fingerprint density at radius 2 is 1.83 bits per heavy atom. The molecule has 0 amide bonds. The van der Waals surface area contributed by atoms with Crippen molar-refractivity contribution < 1.29 is 18.3 Å². The molecule has 2 aromatic rings. The van der Waals surface area contributed by atoms with Gasteiger partial charge in [0.15, 0.2) is 0 Å². The molecule has 0 saturated heterocycles. The van der Waals surface area contributed by atoms with Crippen LogP contribution in [0.3, 0.4) is 0 Å². The Morgan fingerprint density at radius 3 is 2.38 bits per heavy atom. The first-order valence-electron chi connectivity index (χ1n) is 7.86. The zero-order valence-corrected chi connectivity index (χ0v) is 14.7. The fraction of sp³-hybridized carbons (Fsp3) is 0.353. The normalized spacial score (nSPS) is 15.9. The molecule has 0 radical (unpaired) electrons. The molecule has 5 nitrogen and oxygen atoms in total. The topological polar surface area (TPSA) is 74.7 Å². The van der Waals surface area contributed by atoms with Gasteiger partial charge in [-0.25, -0.2) is 13.2 Å². The second-order valence-corrected chi connectivity index (χ2v) is 8.82. The van der Waals surface area contributed by atoms with Crippen LogP contribution in [0.5, 0.6) is 0 Å². The van der Waals surface area contributed by atoms with E-state index in [2.05, 4.69) is 0 Å². The smallest absolute Gasteiger partial charge is 0.335 e. The van der Waals surface area contributed by atoms with Gasteiger partial charge in [-0.1, -0.05) is 18.9 Å². The summed E-state index contributed by atoms with van der Waals surface area (Å²) in [5, 5.41) is 10.9. The van der Waals surface area contributed by atoms with Crippen LogP contribution < -0.4 is 0 Å². The van der Waals surface area contributed by atoms with E-state index in [1.807, 2.05) is 17.5 Å². The van der Waals surface area contributed by atoms with E-state index in [-0.39, 0.29) is 16.5 Å². The van der Waals surface area contributed by atoms with Gasteiger partial charge < -0.3 is 5.11 Å². The molecule has 1 fully saturated rings. The summed E-state index contributed by atoms with van der Waals surface area (Å²) >= 11 is 1.54. The molecule has 1 N–H and O–H groups in total. The van der Waals surface area contributed by atoms with Gasteiger partial charge in [0.1, 0.15) is 0 Å². The zero-order chi connectivity index (χ0) is 17.2. The number of rotatable bonds is 6. The number of hydrogen-bond acceptors (Lipinski definition) is 4. The highest BCUT2D eigenvalue weighted by Gasteiger charge is 2.33. The summed E-state index contributed by atoms with van der Waals surface area (Å²) < 4.78 is 27.8. The maximum absolute atomic E-state index is 13.1. The van der Waals surface area contributed by atoms with Crippen molar-refractivity contribution in [2.75, 3.05) is 0 Å². The largest absolute Gasteiger partial charge is 0.478 e. The van der Waals surface area contributed by atoms with Crippen LogP contribution in [0.15, 0.2) is 46.7 Å². The van der Waals surface area contributed by atoms with Crippen LogP contribution in [0.4, 0.5) is 0 Å². The fourth-order valence-corrected chi connectivity index (χ4v) is 5.51. The molecule has 1 saturated carbocycles. The molecule has 0 unspecified atom stereocenters. The quantitative estimate of drug-likeness (QED) is 0.849. The summed E-state index contributed by atoms with van der Waals surface area (Å²) in [6.07, 6.45) is 3.83. The summed E-state index contributed by atoms with van der Waals surface area (Å²) in [5.74, 6) is -1.06. The minimum absolute atomic E-state index is 0.0104. The fourth-order valence-electron chi connectivity index (χ4n) is 3.06. The number of carbonyl (C=O) groups is 1. The number of carboxylic acid groups (broad SMARTS) is 1. The van der Waals surface area contributed by atoms with Crippen molar-refractivity contribution in [3.63, 3.8) is 0 Å². The SMILES string of the molecule is O=C(O)c1ccc(S(=O)(=O)N(Cc2cccs2)C2CCCC2)cc1. The molecule has 1 aliphatic rings. The number of sulfonamides is 1. The molecule has 128 valence electrons. The second-order valence-electron chi connectivity index (χ2n) is 5.90. The van der Waals surface area contributed by atoms with Crippen molar-refractivity contribution in [1.29, 1.82) is 0 Å². The number of nitrogens with zero attached hydrogens (tertiary/aromatic N) is 1. The summed E-state index contributed by atoms with van der Waals surface area (Å²) in [7, 11) is -3.66. The van der Waals surface area contributed by atoms with E-state index < -0.39 is 16.0 Å². The molecule has 1 heterocycles. The molecular weight excluding hydrogens is 346 g/mol. The van der Waals surface area contributed by atoms with Gasteiger partial charge in [0, 0.05) is 17.5 Å². The van der Waals surface area contributed by atoms with E-state index in [0.717, 1.165) is 30.6 Å². The van der Waals surface area contributed by atoms with Crippen molar-refractivity contribution >= 4 is 27.3 Å².